The highest BCUT2D eigenvalue weighted by Crippen LogP contribution is 2.33. The van der Waals surface area contributed by atoms with Crippen molar-refractivity contribution in [1.82, 2.24) is 14.4 Å². The third-order valence-electron chi connectivity index (χ3n) is 4.15. The zero-order chi connectivity index (χ0) is 19.1. The number of anilines is 1. The minimum atomic E-state index is -0.175. The van der Waals surface area contributed by atoms with Crippen molar-refractivity contribution in [2.75, 3.05) is 11.9 Å². The summed E-state index contributed by atoms with van der Waals surface area (Å²) in [5.41, 5.74) is 2.65. The first kappa shape index (κ1) is 17.4. The van der Waals surface area contributed by atoms with Crippen LogP contribution in [0.3, 0.4) is 0 Å². The molecule has 0 atom stereocenters. The van der Waals surface area contributed by atoms with Gasteiger partial charge in [0.05, 0.1) is 22.7 Å². The number of para-hydroxylation sites is 1. The predicted molar refractivity (Wildman–Crippen MR) is 115 cm³/mol. The van der Waals surface area contributed by atoms with Crippen molar-refractivity contribution in [3.8, 4) is 17.0 Å². The molecule has 4 aromatic heterocycles. The summed E-state index contributed by atoms with van der Waals surface area (Å²) in [6.45, 7) is 2.54. The van der Waals surface area contributed by atoms with Gasteiger partial charge < -0.3 is 4.74 Å². The molecule has 6 nitrogen and oxygen atoms in total. The van der Waals surface area contributed by atoms with Crippen molar-refractivity contribution in [2.45, 2.75) is 6.92 Å². The first-order valence-electron chi connectivity index (χ1n) is 8.57. The Morgan fingerprint density at radius 2 is 2.14 bits per heavy atom. The molecule has 0 saturated heterocycles. The summed E-state index contributed by atoms with van der Waals surface area (Å²) < 4.78 is 7.67. The monoisotopic (exact) mass is 426 g/mol. The van der Waals surface area contributed by atoms with Gasteiger partial charge in [0.15, 0.2) is 10.1 Å². The van der Waals surface area contributed by atoms with Crippen LogP contribution in [0.5, 0.6) is 5.75 Å². The van der Waals surface area contributed by atoms with E-state index in [9.17, 15) is 4.79 Å². The van der Waals surface area contributed by atoms with Crippen LogP contribution in [-0.2, 0) is 0 Å². The van der Waals surface area contributed by atoms with Crippen LogP contribution in [-0.4, -0.2) is 26.9 Å². The topological polar surface area (TPSA) is 68.5 Å². The molecule has 4 heterocycles. The highest BCUT2D eigenvalue weighted by molar-refractivity contribution is 7.21. The highest BCUT2D eigenvalue weighted by atomic mass is 32.1. The molecule has 0 saturated carbocycles. The highest BCUT2D eigenvalue weighted by Gasteiger charge is 2.17. The second-order valence-corrected chi connectivity index (χ2v) is 8.65. The quantitative estimate of drug-likeness (QED) is 0.409. The standard InChI is InChI=1S/C19H14N4O2S3/c1-2-25-14-6-4-3-5-11(14)12-10-27-18(20-12)21-16(24)15-9-13-17(28-15)22-19-23(13)7-8-26-19/h3-10H,2H2,1H3,(H,20,21,24). The molecule has 0 radical (unpaired) electrons. The molecule has 1 amide bonds. The van der Waals surface area contributed by atoms with Gasteiger partial charge in [-0.2, -0.15) is 0 Å². The van der Waals surface area contributed by atoms with E-state index in [-0.39, 0.29) is 5.91 Å². The van der Waals surface area contributed by atoms with Gasteiger partial charge in [-0.25, -0.2) is 9.97 Å². The normalized spacial score (nSPS) is 11.3. The third-order valence-corrected chi connectivity index (χ3v) is 6.68. The molecule has 1 N–H and O–H groups in total. The van der Waals surface area contributed by atoms with Crippen molar-refractivity contribution in [1.29, 1.82) is 0 Å². The van der Waals surface area contributed by atoms with Crippen molar-refractivity contribution >= 4 is 60.4 Å². The average molecular weight is 427 g/mol. The van der Waals surface area contributed by atoms with Crippen LogP contribution in [0.4, 0.5) is 5.13 Å². The average Bonchev–Trinajstić information content (AvgIpc) is 3.44. The Hall–Kier alpha value is -2.75. The number of aromatic nitrogens is 3. The molecular weight excluding hydrogens is 412 g/mol. The zero-order valence-corrected chi connectivity index (χ0v) is 17.2. The molecule has 0 aliphatic carbocycles. The summed E-state index contributed by atoms with van der Waals surface area (Å²) in [6, 6.07) is 9.64. The number of ether oxygens (including phenoxy) is 1. The fourth-order valence-corrected chi connectivity index (χ4v) is 5.33. The fraction of sp³-hybridized carbons (Fsp3) is 0.105. The van der Waals surface area contributed by atoms with Gasteiger partial charge in [-0.05, 0) is 25.1 Å². The van der Waals surface area contributed by atoms with Gasteiger partial charge in [-0.3, -0.25) is 14.5 Å². The number of amides is 1. The lowest BCUT2D eigenvalue weighted by atomic mass is 10.1. The van der Waals surface area contributed by atoms with Crippen LogP contribution in [0.15, 0.2) is 47.3 Å². The summed E-state index contributed by atoms with van der Waals surface area (Å²) in [6.07, 6.45) is 1.96. The van der Waals surface area contributed by atoms with Gasteiger partial charge in [0.25, 0.3) is 5.91 Å². The van der Waals surface area contributed by atoms with Crippen LogP contribution in [0, 0.1) is 0 Å². The Morgan fingerprint density at radius 3 is 3.04 bits per heavy atom. The Morgan fingerprint density at radius 1 is 1.25 bits per heavy atom. The minimum Gasteiger partial charge on any atom is -0.493 e. The number of imidazole rings is 1. The third kappa shape index (κ3) is 2.97. The predicted octanol–water partition coefficient (Wildman–Crippen LogP) is 5.39. The second kappa shape index (κ2) is 7.01. The SMILES string of the molecule is CCOc1ccccc1-c1csc(NC(=O)c2cc3c(nc4sccn43)s2)n1. The Balaban J connectivity index is 1.39. The molecular formula is C19H14N4O2S3. The summed E-state index contributed by atoms with van der Waals surface area (Å²) in [5.74, 6) is 0.610. The van der Waals surface area contributed by atoms with E-state index in [1.165, 1.54) is 22.7 Å². The zero-order valence-electron chi connectivity index (χ0n) is 14.7. The largest absolute Gasteiger partial charge is 0.493 e. The number of thiazole rings is 2. The van der Waals surface area contributed by atoms with Crippen molar-refractivity contribution in [3.63, 3.8) is 0 Å². The maximum atomic E-state index is 12.7. The lowest BCUT2D eigenvalue weighted by Gasteiger charge is -2.07. The molecule has 1 aromatic carbocycles. The number of fused-ring (bicyclic) bond motifs is 3. The number of nitrogens with one attached hydrogen (secondary N) is 1. The van der Waals surface area contributed by atoms with E-state index in [2.05, 4.69) is 15.3 Å². The molecule has 5 rings (SSSR count). The lowest BCUT2D eigenvalue weighted by molar-refractivity contribution is 0.103. The van der Waals surface area contributed by atoms with Gasteiger partial charge in [-0.1, -0.05) is 12.1 Å². The van der Waals surface area contributed by atoms with E-state index >= 15 is 0 Å². The first-order chi connectivity index (χ1) is 13.7. The number of carbonyl (C=O) groups excluding carboxylic acids is 1. The first-order valence-corrected chi connectivity index (χ1v) is 11.1. The van der Waals surface area contributed by atoms with Crippen LogP contribution in [0.25, 0.3) is 26.6 Å². The van der Waals surface area contributed by atoms with Gasteiger partial charge >= 0.3 is 0 Å². The molecule has 9 heteroatoms. The number of carbonyl (C=O) groups is 1. The van der Waals surface area contributed by atoms with Crippen LogP contribution >= 0.6 is 34.0 Å². The number of hydrogen-bond donors (Lipinski definition) is 1. The second-order valence-electron chi connectivity index (χ2n) is 5.89. The molecule has 0 bridgehead atoms. The van der Waals surface area contributed by atoms with E-state index in [0.29, 0.717) is 16.6 Å². The Labute approximate surface area is 172 Å². The van der Waals surface area contributed by atoms with Gasteiger partial charge in [0.2, 0.25) is 0 Å². The summed E-state index contributed by atoms with van der Waals surface area (Å²) in [7, 11) is 0. The van der Waals surface area contributed by atoms with E-state index in [1.807, 2.05) is 58.6 Å². The van der Waals surface area contributed by atoms with Crippen LogP contribution < -0.4 is 10.1 Å². The summed E-state index contributed by atoms with van der Waals surface area (Å²) in [5, 5.41) is 7.36. The molecule has 0 aliphatic rings. The molecule has 0 aliphatic heterocycles. The van der Waals surface area contributed by atoms with Crippen LogP contribution in [0.1, 0.15) is 16.6 Å². The summed E-state index contributed by atoms with van der Waals surface area (Å²) >= 11 is 4.36. The van der Waals surface area contributed by atoms with E-state index in [0.717, 1.165) is 32.3 Å². The molecule has 0 fully saturated rings. The fourth-order valence-electron chi connectivity index (χ4n) is 2.93. The molecule has 5 aromatic rings. The molecule has 140 valence electrons. The Bertz CT molecular complexity index is 1300. The van der Waals surface area contributed by atoms with Crippen molar-refractivity contribution in [2.24, 2.45) is 0 Å². The van der Waals surface area contributed by atoms with Crippen molar-refractivity contribution in [3.05, 3.63) is 52.2 Å². The van der Waals surface area contributed by atoms with Gasteiger partial charge in [-0.15, -0.1) is 34.0 Å². The maximum absolute atomic E-state index is 12.7. The molecule has 28 heavy (non-hydrogen) atoms. The maximum Gasteiger partial charge on any atom is 0.267 e. The van der Waals surface area contributed by atoms with Crippen molar-refractivity contribution < 1.29 is 9.53 Å². The molecule has 0 unspecified atom stereocenters. The van der Waals surface area contributed by atoms with Crippen LogP contribution in [0.2, 0.25) is 0 Å². The molecule has 0 spiro atoms. The van der Waals surface area contributed by atoms with E-state index in [1.54, 1.807) is 11.3 Å². The van der Waals surface area contributed by atoms with Gasteiger partial charge in [0, 0.05) is 22.5 Å². The number of benzene rings is 1. The minimum absolute atomic E-state index is 0.175. The Kier molecular flexibility index (Phi) is 4.34. The number of rotatable bonds is 5. The lowest BCUT2D eigenvalue weighted by Crippen LogP contribution is -2.09. The number of thiophene rings is 1. The smallest absolute Gasteiger partial charge is 0.267 e. The van der Waals surface area contributed by atoms with Gasteiger partial charge in [0.1, 0.15) is 10.6 Å². The summed E-state index contributed by atoms with van der Waals surface area (Å²) in [4.78, 5) is 24.2. The van der Waals surface area contributed by atoms with E-state index in [4.69, 9.17) is 4.74 Å². The van der Waals surface area contributed by atoms with E-state index < -0.39 is 0 Å². The number of nitrogens with zero attached hydrogens (tertiary/aromatic N) is 3. The number of hydrogen-bond acceptors (Lipinski definition) is 7.